The van der Waals surface area contributed by atoms with E-state index < -0.39 is 0 Å². The van der Waals surface area contributed by atoms with Crippen LogP contribution in [0, 0.1) is 6.92 Å². The Morgan fingerprint density at radius 2 is 2.30 bits per heavy atom. The van der Waals surface area contributed by atoms with E-state index in [-0.39, 0.29) is 0 Å². The second kappa shape index (κ2) is 3.30. The molecule has 0 aliphatic rings. The molecule has 0 amide bonds. The Hall–Kier alpha value is -0.920. The number of nitrogens with zero attached hydrogens (tertiary/aromatic N) is 2. The van der Waals surface area contributed by atoms with Crippen molar-refractivity contribution < 1.29 is 0 Å². The first-order valence-electron chi connectivity index (χ1n) is 3.60. The number of hydrogen-bond acceptors (Lipinski definition) is 2. The van der Waals surface area contributed by atoms with E-state index in [4.69, 9.17) is 0 Å². The van der Waals surface area contributed by atoms with Crippen molar-refractivity contribution in [3.8, 4) is 0 Å². The van der Waals surface area contributed by atoms with Crippen LogP contribution in [0.15, 0.2) is 12.5 Å². The fraction of sp³-hybridized carbons (Fsp3) is 0.500. The molecule has 1 aromatic rings. The van der Waals surface area contributed by atoms with E-state index >= 15 is 0 Å². The molecule has 0 radical (unpaired) electrons. The smallest absolute Gasteiger partial charge is 0.115 e. The number of hydrogen-bond donors (Lipinski definition) is 0. The van der Waals surface area contributed by atoms with E-state index in [1.54, 1.807) is 6.33 Å². The SMILES string of the molecule is CCCc1ncncc1C. The summed E-state index contributed by atoms with van der Waals surface area (Å²) in [6, 6.07) is 0. The Bertz CT molecular complexity index is 208. The zero-order chi connectivity index (χ0) is 7.40. The Balaban J connectivity index is 2.81. The first-order chi connectivity index (χ1) is 4.84. The maximum absolute atomic E-state index is 4.16. The monoisotopic (exact) mass is 136 g/mol. The highest BCUT2D eigenvalue weighted by molar-refractivity contribution is 5.13. The lowest BCUT2D eigenvalue weighted by Gasteiger charge is -1.99. The minimum atomic E-state index is 1.06. The van der Waals surface area contributed by atoms with Gasteiger partial charge in [-0.1, -0.05) is 13.3 Å². The molecule has 0 N–H and O–H groups in total. The van der Waals surface area contributed by atoms with Gasteiger partial charge in [0.15, 0.2) is 0 Å². The molecule has 1 aromatic heterocycles. The summed E-state index contributed by atoms with van der Waals surface area (Å²) < 4.78 is 0. The van der Waals surface area contributed by atoms with Gasteiger partial charge in [0, 0.05) is 11.9 Å². The van der Waals surface area contributed by atoms with Gasteiger partial charge in [-0.2, -0.15) is 0 Å². The highest BCUT2D eigenvalue weighted by Gasteiger charge is 1.95. The average molecular weight is 136 g/mol. The molecule has 0 aliphatic heterocycles. The zero-order valence-electron chi connectivity index (χ0n) is 6.46. The van der Waals surface area contributed by atoms with Gasteiger partial charge in [0.2, 0.25) is 0 Å². The number of rotatable bonds is 2. The molecule has 2 heteroatoms. The number of aryl methyl sites for hydroxylation is 2. The van der Waals surface area contributed by atoms with Crippen LogP contribution in [0.1, 0.15) is 24.6 Å². The lowest BCUT2D eigenvalue weighted by atomic mass is 10.2. The summed E-state index contributed by atoms with van der Waals surface area (Å²) in [5.41, 5.74) is 2.38. The van der Waals surface area contributed by atoms with Crippen molar-refractivity contribution in [3.63, 3.8) is 0 Å². The van der Waals surface area contributed by atoms with Crippen molar-refractivity contribution in [2.45, 2.75) is 26.7 Å². The molecule has 0 unspecified atom stereocenters. The van der Waals surface area contributed by atoms with Gasteiger partial charge >= 0.3 is 0 Å². The van der Waals surface area contributed by atoms with Gasteiger partial charge in [0.1, 0.15) is 6.33 Å². The van der Waals surface area contributed by atoms with Gasteiger partial charge in [-0.05, 0) is 18.9 Å². The molecule has 0 atom stereocenters. The van der Waals surface area contributed by atoms with E-state index in [2.05, 4.69) is 16.9 Å². The van der Waals surface area contributed by atoms with Crippen LogP contribution >= 0.6 is 0 Å². The van der Waals surface area contributed by atoms with Gasteiger partial charge in [0.25, 0.3) is 0 Å². The Labute approximate surface area is 61.3 Å². The maximum Gasteiger partial charge on any atom is 0.115 e. The molecule has 0 spiro atoms. The van der Waals surface area contributed by atoms with Crippen LogP contribution in [0.25, 0.3) is 0 Å². The summed E-state index contributed by atoms with van der Waals surface area (Å²) in [6.07, 6.45) is 5.68. The molecule has 0 aromatic carbocycles. The van der Waals surface area contributed by atoms with Crippen LogP contribution in [-0.2, 0) is 6.42 Å². The van der Waals surface area contributed by atoms with Crippen LogP contribution in [0.2, 0.25) is 0 Å². The lowest BCUT2D eigenvalue weighted by Crippen LogP contribution is -1.93. The molecular weight excluding hydrogens is 124 g/mol. The molecule has 10 heavy (non-hydrogen) atoms. The molecule has 0 saturated heterocycles. The molecule has 54 valence electrons. The molecular formula is C8H12N2. The van der Waals surface area contributed by atoms with Crippen LogP contribution in [-0.4, -0.2) is 9.97 Å². The van der Waals surface area contributed by atoms with Gasteiger partial charge in [-0.25, -0.2) is 9.97 Å². The molecule has 0 aliphatic carbocycles. The molecule has 2 nitrogen and oxygen atoms in total. The van der Waals surface area contributed by atoms with Crippen molar-refractivity contribution in [2.75, 3.05) is 0 Å². The van der Waals surface area contributed by atoms with E-state index in [9.17, 15) is 0 Å². The second-order valence-electron chi connectivity index (χ2n) is 2.40. The Morgan fingerprint density at radius 3 is 2.90 bits per heavy atom. The van der Waals surface area contributed by atoms with Crippen LogP contribution in [0.4, 0.5) is 0 Å². The van der Waals surface area contributed by atoms with Crippen molar-refractivity contribution in [1.29, 1.82) is 0 Å². The molecule has 1 heterocycles. The summed E-state index contributed by atoms with van der Waals surface area (Å²) in [5.74, 6) is 0. The zero-order valence-corrected chi connectivity index (χ0v) is 6.46. The summed E-state index contributed by atoms with van der Waals surface area (Å²) in [6.45, 7) is 4.20. The van der Waals surface area contributed by atoms with E-state index in [0.717, 1.165) is 12.8 Å². The Morgan fingerprint density at radius 1 is 1.50 bits per heavy atom. The predicted octanol–water partition coefficient (Wildman–Crippen LogP) is 1.74. The number of aromatic nitrogens is 2. The van der Waals surface area contributed by atoms with Gasteiger partial charge in [-0.15, -0.1) is 0 Å². The van der Waals surface area contributed by atoms with E-state index in [0.29, 0.717) is 0 Å². The second-order valence-corrected chi connectivity index (χ2v) is 2.40. The quantitative estimate of drug-likeness (QED) is 0.618. The minimum absolute atomic E-state index is 1.06. The molecule has 1 rings (SSSR count). The summed E-state index contributed by atoms with van der Waals surface area (Å²) in [7, 11) is 0. The van der Waals surface area contributed by atoms with Crippen molar-refractivity contribution >= 4 is 0 Å². The van der Waals surface area contributed by atoms with E-state index in [1.807, 2.05) is 13.1 Å². The highest BCUT2D eigenvalue weighted by atomic mass is 14.8. The summed E-state index contributed by atoms with van der Waals surface area (Å²) in [5, 5.41) is 0. The first-order valence-corrected chi connectivity index (χ1v) is 3.60. The van der Waals surface area contributed by atoms with Crippen LogP contribution in [0.3, 0.4) is 0 Å². The minimum Gasteiger partial charge on any atom is -0.245 e. The average Bonchev–Trinajstić information content (AvgIpc) is 1.94. The highest BCUT2D eigenvalue weighted by Crippen LogP contribution is 2.03. The van der Waals surface area contributed by atoms with Crippen LogP contribution in [0.5, 0.6) is 0 Å². The fourth-order valence-corrected chi connectivity index (χ4v) is 0.923. The molecule has 0 fully saturated rings. The standard InChI is InChI=1S/C8H12N2/c1-3-4-8-7(2)5-9-6-10-8/h5-6H,3-4H2,1-2H3. The van der Waals surface area contributed by atoms with E-state index in [1.165, 1.54) is 11.3 Å². The third kappa shape index (κ3) is 1.53. The molecule has 0 bridgehead atoms. The first kappa shape index (κ1) is 7.19. The van der Waals surface area contributed by atoms with Crippen LogP contribution < -0.4 is 0 Å². The predicted molar refractivity (Wildman–Crippen MR) is 40.8 cm³/mol. The van der Waals surface area contributed by atoms with Crippen molar-refractivity contribution in [3.05, 3.63) is 23.8 Å². The van der Waals surface area contributed by atoms with Gasteiger partial charge in [0.05, 0.1) is 0 Å². The summed E-state index contributed by atoms with van der Waals surface area (Å²) in [4.78, 5) is 8.07. The topological polar surface area (TPSA) is 25.8 Å². The normalized spacial score (nSPS) is 9.80. The molecule has 0 saturated carbocycles. The van der Waals surface area contributed by atoms with Gasteiger partial charge < -0.3 is 0 Å². The third-order valence-corrected chi connectivity index (χ3v) is 1.49. The largest absolute Gasteiger partial charge is 0.245 e. The fourth-order valence-electron chi connectivity index (χ4n) is 0.923. The maximum atomic E-state index is 4.16. The van der Waals surface area contributed by atoms with Crippen molar-refractivity contribution in [1.82, 2.24) is 9.97 Å². The Kier molecular flexibility index (Phi) is 2.37. The lowest BCUT2D eigenvalue weighted by molar-refractivity contribution is 0.859. The van der Waals surface area contributed by atoms with Gasteiger partial charge in [-0.3, -0.25) is 0 Å². The van der Waals surface area contributed by atoms with Crippen molar-refractivity contribution in [2.24, 2.45) is 0 Å². The summed E-state index contributed by atoms with van der Waals surface area (Å²) >= 11 is 0. The third-order valence-electron chi connectivity index (χ3n) is 1.49.